The van der Waals surface area contributed by atoms with Crippen molar-refractivity contribution in [3.63, 3.8) is 0 Å². The van der Waals surface area contributed by atoms with Gasteiger partial charge in [0.05, 0.1) is 0 Å². The number of hydrogen-bond donors (Lipinski definition) is 1. The molecule has 0 aromatic rings. The van der Waals surface area contributed by atoms with E-state index in [-0.39, 0.29) is 0 Å². The Labute approximate surface area is 114 Å². The zero-order valence-electron chi connectivity index (χ0n) is 12.8. The van der Waals surface area contributed by atoms with Crippen molar-refractivity contribution in [1.82, 2.24) is 10.2 Å². The number of likely N-dealkylation sites (N-methyl/N-ethyl adjacent to an activating group) is 2. The average Bonchev–Trinajstić information content (AvgIpc) is 2.83. The van der Waals surface area contributed by atoms with Gasteiger partial charge in [-0.3, -0.25) is 4.90 Å². The molecule has 18 heavy (non-hydrogen) atoms. The van der Waals surface area contributed by atoms with Crippen molar-refractivity contribution in [1.29, 1.82) is 0 Å². The highest BCUT2D eigenvalue weighted by molar-refractivity contribution is 4.96. The van der Waals surface area contributed by atoms with Crippen LogP contribution in [0.2, 0.25) is 0 Å². The third-order valence-corrected chi connectivity index (χ3v) is 5.31. The minimum Gasteiger partial charge on any atom is -0.315 e. The van der Waals surface area contributed by atoms with Crippen molar-refractivity contribution in [3.8, 4) is 0 Å². The molecule has 2 saturated carbocycles. The van der Waals surface area contributed by atoms with Crippen LogP contribution in [0.4, 0.5) is 0 Å². The molecule has 1 N–H and O–H groups in total. The minimum atomic E-state index is 0.532. The molecule has 2 fully saturated rings. The Bertz CT molecular complexity index is 256. The molecule has 0 amide bonds. The SMILES string of the molecule is CCN(C1CCCC1)C1CC(C)(C)CCC1NC. The molecule has 106 valence electrons. The third-order valence-electron chi connectivity index (χ3n) is 5.31. The Balaban J connectivity index is 2.09. The molecule has 0 aliphatic heterocycles. The van der Waals surface area contributed by atoms with Gasteiger partial charge >= 0.3 is 0 Å². The van der Waals surface area contributed by atoms with Crippen molar-refractivity contribution < 1.29 is 0 Å². The van der Waals surface area contributed by atoms with Crippen LogP contribution in [0.25, 0.3) is 0 Å². The summed E-state index contributed by atoms with van der Waals surface area (Å²) in [6.45, 7) is 8.49. The van der Waals surface area contributed by atoms with E-state index in [9.17, 15) is 0 Å². The lowest BCUT2D eigenvalue weighted by atomic mass is 9.72. The van der Waals surface area contributed by atoms with Gasteiger partial charge in [-0.1, -0.05) is 33.6 Å². The Hall–Kier alpha value is -0.0800. The minimum absolute atomic E-state index is 0.532. The van der Waals surface area contributed by atoms with Crippen LogP contribution in [0.1, 0.15) is 65.7 Å². The van der Waals surface area contributed by atoms with Gasteiger partial charge < -0.3 is 5.32 Å². The maximum atomic E-state index is 3.59. The van der Waals surface area contributed by atoms with Crippen LogP contribution < -0.4 is 5.32 Å². The van der Waals surface area contributed by atoms with Gasteiger partial charge in [0.1, 0.15) is 0 Å². The number of nitrogens with one attached hydrogen (secondary N) is 1. The second kappa shape index (κ2) is 5.92. The zero-order valence-corrected chi connectivity index (χ0v) is 12.8. The second-order valence-electron chi connectivity index (χ2n) is 7.14. The van der Waals surface area contributed by atoms with E-state index in [2.05, 4.69) is 38.0 Å². The first-order chi connectivity index (χ1) is 8.57. The van der Waals surface area contributed by atoms with Crippen molar-refractivity contribution in [2.24, 2.45) is 5.41 Å². The van der Waals surface area contributed by atoms with E-state index in [0.29, 0.717) is 11.5 Å². The summed E-state index contributed by atoms with van der Waals surface area (Å²) in [5.74, 6) is 0. The van der Waals surface area contributed by atoms with Gasteiger partial charge in [-0.15, -0.1) is 0 Å². The topological polar surface area (TPSA) is 15.3 Å². The summed E-state index contributed by atoms with van der Waals surface area (Å²) in [5, 5.41) is 3.59. The predicted octanol–water partition coefficient (Wildman–Crippen LogP) is 3.42. The summed E-state index contributed by atoms with van der Waals surface area (Å²) in [7, 11) is 2.15. The summed E-state index contributed by atoms with van der Waals surface area (Å²) in [6, 6.07) is 2.33. The van der Waals surface area contributed by atoms with E-state index in [1.807, 2.05) is 0 Å². The normalized spacial score (nSPS) is 33.2. The van der Waals surface area contributed by atoms with Gasteiger partial charge in [-0.05, 0) is 51.1 Å². The van der Waals surface area contributed by atoms with Crippen molar-refractivity contribution in [3.05, 3.63) is 0 Å². The quantitative estimate of drug-likeness (QED) is 0.825. The van der Waals surface area contributed by atoms with Crippen LogP contribution in [0.5, 0.6) is 0 Å². The van der Waals surface area contributed by atoms with E-state index < -0.39 is 0 Å². The summed E-state index contributed by atoms with van der Waals surface area (Å²) < 4.78 is 0. The molecule has 2 nitrogen and oxygen atoms in total. The van der Waals surface area contributed by atoms with Gasteiger partial charge in [0.2, 0.25) is 0 Å². The molecule has 2 atom stereocenters. The first kappa shape index (κ1) is 14.3. The first-order valence-corrected chi connectivity index (χ1v) is 8.00. The largest absolute Gasteiger partial charge is 0.315 e. The fourth-order valence-electron chi connectivity index (χ4n) is 4.23. The Kier molecular flexibility index (Phi) is 4.71. The third kappa shape index (κ3) is 3.08. The van der Waals surface area contributed by atoms with Crippen LogP contribution in [0.15, 0.2) is 0 Å². The van der Waals surface area contributed by atoms with Crippen LogP contribution in [-0.4, -0.2) is 36.6 Å². The summed E-state index contributed by atoms with van der Waals surface area (Å²) in [5.41, 5.74) is 0.532. The fourth-order valence-corrected chi connectivity index (χ4v) is 4.23. The van der Waals surface area contributed by atoms with E-state index in [1.54, 1.807) is 0 Å². The van der Waals surface area contributed by atoms with Gasteiger partial charge in [0.25, 0.3) is 0 Å². The molecular weight excluding hydrogens is 220 g/mol. The molecule has 2 unspecified atom stereocenters. The molecule has 0 saturated heterocycles. The monoisotopic (exact) mass is 252 g/mol. The van der Waals surface area contributed by atoms with E-state index in [4.69, 9.17) is 0 Å². The predicted molar refractivity (Wildman–Crippen MR) is 78.9 cm³/mol. The van der Waals surface area contributed by atoms with E-state index >= 15 is 0 Å². The summed E-state index contributed by atoms with van der Waals surface area (Å²) >= 11 is 0. The molecule has 0 spiro atoms. The summed E-state index contributed by atoms with van der Waals surface area (Å²) in [6.07, 6.45) is 9.84. The highest BCUT2D eigenvalue weighted by atomic mass is 15.2. The average molecular weight is 252 g/mol. The first-order valence-electron chi connectivity index (χ1n) is 8.00. The molecule has 2 aliphatic carbocycles. The molecule has 0 aromatic carbocycles. The fraction of sp³-hybridized carbons (Fsp3) is 1.00. The van der Waals surface area contributed by atoms with Gasteiger partial charge in [-0.2, -0.15) is 0 Å². The standard InChI is InChI=1S/C16H32N2/c1-5-18(13-8-6-7-9-13)15-12-16(2,3)11-10-14(15)17-4/h13-15,17H,5-12H2,1-4H3. The second-order valence-corrected chi connectivity index (χ2v) is 7.14. The highest BCUT2D eigenvalue weighted by Crippen LogP contribution is 2.39. The lowest BCUT2D eigenvalue weighted by molar-refractivity contribution is 0.0429. The Morgan fingerprint density at radius 2 is 1.83 bits per heavy atom. The molecule has 0 bridgehead atoms. The Morgan fingerprint density at radius 3 is 2.39 bits per heavy atom. The zero-order chi connectivity index (χ0) is 13.2. The number of rotatable bonds is 4. The van der Waals surface area contributed by atoms with Crippen molar-refractivity contribution >= 4 is 0 Å². The van der Waals surface area contributed by atoms with E-state index in [0.717, 1.165) is 12.1 Å². The molecular formula is C16H32N2. The van der Waals surface area contributed by atoms with Crippen molar-refractivity contribution in [2.45, 2.75) is 83.8 Å². The molecule has 0 aromatic heterocycles. The highest BCUT2D eigenvalue weighted by Gasteiger charge is 2.39. The molecule has 2 rings (SSSR count). The maximum absolute atomic E-state index is 3.59. The molecule has 0 radical (unpaired) electrons. The molecule has 2 heteroatoms. The van der Waals surface area contributed by atoms with Crippen LogP contribution in [0, 0.1) is 5.41 Å². The van der Waals surface area contributed by atoms with Gasteiger partial charge in [0.15, 0.2) is 0 Å². The van der Waals surface area contributed by atoms with Crippen molar-refractivity contribution in [2.75, 3.05) is 13.6 Å². The lowest BCUT2D eigenvalue weighted by Gasteiger charge is -2.47. The van der Waals surface area contributed by atoms with Crippen LogP contribution in [0.3, 0.4) is 0 Å². The van der Waals surface area contributed by atoms with Crippen LogP contribution >= 0.6 is 0 Å². The smallest absolute Gasteiger partial charge is 0.0257 e. The Morgan fingerprint density at radius 1 is 1.17 bits per heavy atom. The summed E-state index contributed by atoms with van der Waals surface area (Å²) in [4.78, 5) is 2.83. The van der Waals surface area contributed by atoms with Gasteiger partial charge in [-0.25, -0.2) is 0 Å². The molecule has 2 aliphatic rings. The molecule has 0 heterocycles. The lowest BCUT2D eigenvalue weighted by Crippen LogP contribution is -2.56. The van der Waals surface area contributed by atoms with Crippen LogP contribution in [-0.2, 0) is 0 Å². The van der Waals surface area contributed by atoms with E-state index in [1.165, 1.54) is 51.5 Å². The van der Waals surface area contributed by atoms with Gasteiger partial charge in [0, 0.05) is 18.1 Å². The number of hydrogen-bond acceptors (Lipinski definition) is 2. The maximum Gasteiger partial charge on any atom is 0.0257 e. The number of nitrogens with zero attached hydrogens (tertiary/aromatic N) is 1.